The summed E-state index contributed by atoms with van der Waals surface area (Å²) >= 11 is 0. The average molecular weight is 409 g/mol. The molecular formula is C21H23N5O4. The molecule has 1 aromatic carbocycles. The van der Waals surface area contributed by atoms with E-state index in [-0.39, 0.29) is 17.5 Å². The van der Waals surface area contributed by atoms with Gasteiger partial charge in [-0.1, -0.05) is 25.1 Å². The quantitative estimate of drug-likeness (QED) is 0.479. The molecule has 0 atom stereocenters. The van der Waals surface area contributed by atoms with E-state index < -0.39 is 4.92 Å². The van der Waals surface area contributed by atoms with Crippen molar-refractivity contribution in [3.8, 4) is 0 Å². The Morgan fingerprint density at radius 2 is 1.93 bits per heavy atom. The summed E-state index contributed by atoms with van der Waals surface area (Å²) in [4.78, 5) is 32.3. The predicted octanol–water partition coefficient (Wildman–Crippen LogP) is 3.53. The van der Waals surface area contributed by atoms with Crippen LogP contribution in [0, 0.1) is 17.0 Å². The number of anilines is 1. The number of hydrogen-bond acceptors (Lipinski definition) is 7. The summed E-state index contributed by atoms with van der Waals surface area (Å²) in [6.45, 7) is 8.08. The molecule has 156 valence electrons. The van der Waals surface area contributed by atoms with Gasteiger partial charge in [-0.05, 0) is 25.0 Å². The number of pyridine rings is 1. The van der Waals surface area contributed by atoms with Crippen LogP contribution < -0.4 is 4.90 Å². The number of nitro benzene ring substituents is 1. The van der Waals surface area contributed by atoms with Crippen LogP contribution in [0.4, 0.5) is 11.4 Å². The first-order valence-electron chi connectivity index (χ1n) is 9.90. The molecule has 3 aromatic rings. The van der Waals surface area contributed by atoms with Crippen LogP contribution in [0.15, 0.2) is 34.9 Å². The van der Waals surface area contributed by atoms with Crippen molar-refractivity contribution in [3.05, 3.63) is 57.4 Å². The number of carbonyl (C=O) groups is 1. The summed E-state index contributed by atoms with van der Waals surface area (Å²) in [5.41, 5.74) is 3.24. The fraction of sp³-hybridized carbons (Fsp3) is 0.381. The van der Waals surface area contributed by atoms with Crippen molar-refractivity contribution in [1.82, 2.24) is 15.0 Å². The van der Waals surface area contributed by atoms with Crippen LogP contribution in [0.25, 0.3) is 11.1 Å². The standard InChI is InChI=1S/C21H23N5O4/c1-13(2)18-12-17(19-14(3)23-30-20(19)22-18)21(27)25-9-7-24(8-10-25)15-5-4-6-16(11-15)26(28)29/h4-6,11-13H,7-10H2,1-3H3. The molecule has 4 rings (SSSR count). The highest BCUT2D eigenvalue weighted by atomic mass is 16.6. The van der Waals surface area contributed by atoms with E-state index in [1.807, 2.05) is 26.0 Å². The monoisotopic (exact) mass is 409 g/mol. The van der Waals surface area contributed by atoms with Crippen LogP contribution in [0.2, 0.25) is 0 Å². The van der Waals surface area contributed by atoms with E-state index in [0.29, 0.717) is 48.5 Å². The average Bonchev–Trinajstić information content (AvgIpc) is 3.13. The molecule has 0 unspecified atom stereocenters. The molecule has 9 nitrogen and oxygen atoms in total. The topological polar surface area (TPSA) is 106 Å². The maximum Gasteiger partial charge on any atom is 0.271 e. The summed E-state index contributed by atoms with van der Waals surface area (Å²) in [6, 6.07) is 8.42. The van der Waals surface area contributed by atoms with Gasteiger partial charge >= 0.3 is 0 Å². The van der Waals surface area contributed by atoms with Crippen molar-refractivity contribution >= 4 is 28.4 Å². The minimum absolute atomic E-state index is 0.0642. The molecule has 3 heterocycles. The molecule has 1 amide bonds. The number of carbonyl (C=O) groups excluding carboxylic acids is 1. The van der Waals surface area contributed by atoms with Crippen molar-refractivity contribution in [3.63, 3.8) is 0 Å². The third kappa shape index (κ3) is 3.58. The van der Waals surface area contributed by atoms with Gasteiger partial charge in [0.25, 0.3) is 17.3 Å². The second-order valence-electron chi connectivity index (χ2n) is 7.75. The Kier molecular flexibility index (Phi) is 5.11. The van der Waals surface area contributed by atoms with E-state index in [1.54, 1.807) is 24.0 Å². The van der Waals surface area contributed by atoms with Crippen molar-refractivity contribution in [1.29, 1.82) is 0 Å². The lowest BCUT2D eigenvalue weighted by Gasteiger charge is -2.36. The van der Waals surface area contributed by atoms with E-state index in [2.05, 4.69) is 15.0 Å². The molecule has 1 fully saturated rings. The highest BCUT2D eigenvalue weighted by Crippen LogP contribution is 2.27. The smallest absolute Gasteiger partial charge is 0.271 e. The van der Waals surface area contributed by atoms with Crippen molar-refractivity contribution in [2.45, 2.75) is 26.7 Å². The number of non-ortho nitro benzene ring substituents is 1. The molecule has 1 aliphatic rings. The maximum absolute atomic E-state index is 13.3. The Labute approximate surface area is 173 Å². The van der Waals surface area contributed by atoms with Gasteiger partial charge in [-0.2, -0.15) is 0 Å². The third-order valence-electron chi connectivity index (χ3n) is 5.43. The van der Waals surface area contributed by atoms with Crippen LogP contribution >= 0.6 is 0 Å². The molecule has 0 radical (unpaired) electrons. The number of amides is 1. The Morgan fingerprint density at radius 1 is 1.20 bits per heavy atom. The van der Waals surface area contributed by atoms with Gasteiger partial charge in [0.1, 0.15) is 0 Å². The van der Waals surface area contributed by atoms with Crippen LogP contribution in [0.1, 0.15) is 41.5 Å². The maximum atomic E-state index is 13.3. The van der Waals surface area contributed by atoms with Crippen molar-refractivity contribution < 1.29 is 14.2 Å². The largest absolute Gasteiger partial charge is 0.368 e. The van der Waals surface area contributed by atoms with Crippen molar-refractivity contribution in [2.75, 3.05) is 31.1 Å². The number of hydrogen-bond donors (Lipinski definition) is 0. The van der Waals surface area contributed by atoms with Crippen LogP contribution in [0.3, 0.4) is 0 Å². The van der Waals surface area contributed by atoms with Gasteiger partial charge in [-0.25, -0.2) is 4.98 Å². The van der Waals surface area contributed by atoms with Gasteiger partial charge in [0.2, 0.25) is 0 Å². The third-order valence-corrected chi connectivity index (χ3v) is 5.43. The zero-order valence-electron chi connectivity index (χ0n) is 17.2. The molecule has 0 aliphatic carbocycles. The summed E-state index contributed by atoms with van der Waals surface area (Å²) in [5, 5.41) is 15.7. The van der Waals surface area contributed by atoms with Gasteiger partial charge in [0, 0.05) is 49.7 Å². The van der Waals surface area contributed by atoms with Crippen molar-refractivity contribution in [2.24, 2.45) is 0 Å². The SMILES string of the molecule is Cc1noc2nc(C(C)C)cc(C(=O)N3CCN(c4cccc([N+](=O)[O-])c4)CC3)c12. The molecule has 9 heteroatoms. The Bertz CT molecular complexity index is 1120. The van der Waals surface area contributed by atoms with E-state index >= 15 is 0 Å². The van der Waals surface area contributed by atoms with Crippen LogP contribution in [0.5, 0.6) is 0 Å². The summed E-state index contributed by atoms with van der Waals surface area (Å²) < 4.78 is 5.33. The molecule has 0 bridgehead atoms. The van der Waals surface area contributed by atoms with Gasteiger partial charge in [-0.15, -0.1) is 0 Å². The van der Waals surface area contributed by atoms with E-state index in [4.69, 9.17) is 4.52 Å². The van der Waals surface area contributed by atoms with E-state index in [9.17, 15) is 14.9 Å². The Balaban J connectivity index is 1.56. The molecule has 2 aromatic heterocycles. The normalized spacial score (nSPS) is 14.5. The lowest BCUT2D eigenvalue weighted by Crippen LogP contribution is -2.48. The van der Waals surface area contributed by atoms with Crippen LogP contribution in [-0.2, 0) is 0 Å². The number of nitro groups is 1. The number of fused-ring (bicyclic) bond motifs is 1. The van der Waals surface area contributed by atoms with Gasteiger partial charge in [-0.3, -0.25) is 14.9 Å². The molecule has 0 spiro atoms. The van der Waals surface area contributed by atoms with Crippen LogP contribution in [-0.4, -0.2) is 52.1 Å². The number of piperazine rings is 1. The highest BCUT2D eigenvalue weighted by molar-refractivity contribution is 6.06. The first-order chi connectivity index (χ1) is 14.3. The lowest BCUT2D eigenvalue weighted by atomic mass is 10.0. The summed E-state index contributed by atoms with van der Waals surface area (Å²) in [7, 11) is 0. The fourth-order valence-corrected chi connectivity index (χ4v) is 3.72. The molecule has 30 heavy (non-hydrogen) atoms. The lowest BCUT2D eigenvalue weighted by molar-refractivity contribution is -0.384. The van der Waals surface area contributed by atoms with E-state index in [0.717, 1.165) is 11.4 Å². The second-order valence-corrected chi connectivity index (χ2v) is 7.75. The Hall–Kier alpha value is -3.49. The number of benzene rings is 1. The summed E-state index contributed by atoms with van der Waals surface area (Å²) in [5.74, 6) is 0.0753. The first-order valence-corrected chi connectivity index (χ1v) is 9.90. The van der Waals surface area contributed by atoms with Gasteiger partial charge in [0.15, 0.2) is 0 Å². The molecule has 1 saturated heterocycles. The number of aromatic nitrogens is 2. The van der Waals surface area contributed by atoms with Gasteiger partial charge < -0.3 is 14.3 Å². The number of rotatable bonds is 4. The zero-order valence-corrected chi connectivity index (χ0v) is 17.2. The number of aryl methyl sites for hydroxylation is 1. The second kappa shape index (κ2) is 7.74. The molecule has 1 aliphatic heterocycles. The predicted molar refractivity (Wildman–Crippen MR) is 112 cm³/mol. The molecule has 0 saturated carbocycles. The van der Waals surface area contributed by atoms with Gasteiger partial charge in [0.05, 0.1) is 21.6 Å². The zero-order chi connectivity index (χ0) is 21.4. The highest BCUT2D eigenvalue weighted by Gasteiger charge is 2.27. The number of nitrogens with zero attached hydrogens (tertiary/aromatic N) is 5. The van der Waals surface area contributed by atoms with E-state index in [1.165, 1.54) is 6.07 Å². The molecular weight excluding hydrogens is 386 g/mol. The minimum Gasteiger partial charge on any atom is -0.368 e. The minimum atomic E-state index is -0.397. The first kappa shape index (κ1) is 19.8. The Morgan fingerprint density at radius 3 is 2.60 bits per heavy atom. The molecule has 0 N–H and O–H groups in total. The fourth-order valence-electron chi connectivity index (χ4n) is 3.72. The summed E-state index contributed by atoms with van der Waals surface area (Å²) in [6.07, 6.45) is 0.